The number of ether oxygens (including phenoxy) is 1. The van der Waals surface area contributed by atoms with Crippen molar-refractivity contribution in [3.8, 4) is 5.75 Å². The van der Waals surface area contributed by atoms with Crippen molar-refractivity contribution in [1.82, 2.24) is 5.32 Å². The van der Waals surface area contributed by atoms with Crippen molar-refractivity contribution < 1.29 is 14.3 Å². The van der Waals surface area contributed by atoms with Crippen molar-refractivity contribution >= 4 is 63.0 Å². The largest absolute Gasteiger partial charge is 0.484 e. The van der Waals surface area contributed by atoms with Gasteiger partial charge in [-0.1, -0.05) is 53.0 Å². The van der Waals surface area contributed by atoms with Gasteiger partial charge in [0.2, 0.25) is 3.79 Å². The van der Waals surface area contributed by atoms with Gasteiger partial charge in [-0.2, -0.15) is 0 Å². The van der Waals surface area contributed by atoms with Crippen LogP contribution in [0.15, 0.2) is 30.3 Å². The Hall–Kier alpha value is -1.67. The van der Waals surface area contributed by atoms with Gasteiger partial charge in [0.25, 0.3) is 11.8 Å². The topological polar surface area (TPSA) is 93.5 Å². The van der Waals surface area contributed by atoms with E-state index in [9.17, 15) is 9.59 Å². The van der Waals surface area contributed by atoms with Crippen LogP contribution in [0.1, 0.15) is 33.6 Å². The lowest BCUT2D eigenvalue weighted by Crippen LogP contribution is -2.50. The van der Waals surface area contributed by atoms with E-state index in [4.69, 9.17) is 45.3 Å². The molecule has 2 aromatic rings. The van der Waals surface area contributed by atoms with E-state index in [0.29, 0.717) is 16.3 Å². The fourth-order valence-electron chi connectivity index (χ4n) is 3.13. The van der Waals surface area contributed by atoms with E-state index in [-0.39, 0.29) is 6.61 Å². The van der Waals surface area contributed by atoms with Crippen LogP contribution in [0.25, 0.3) is 0 Å². The third-order valence-corrected chi connectivity index (χ3v) is 6.32. The second kappa shape index (κ2) is 9.43. The van der Waals surface area contributed by atoms with Crippen LogP contribution in [0.5, 0.6) is 5.75 Å². The summed E-state index contributed by atoms with van der Waals surface area (Å²) in [5, 5.41) is 6.09. The molecule has 0 fully saturated rings. The number of primary amides is 1. The minimum absolute atomic E-state index is 0.257. The number of nitrogens with two attached hydrogens (primary N) is 1. The number of thiophene rings is 1. The van der Waals surface area contributed by atoms with Gasteiger partial charge in [0.1, 0.15) is 16.9 Å². The number of hydrogen-bond acceptors (Lipinski definition) is 5. The number of carbonyl (C=O) groups excluding carboxylic acids is 2. The number of fused-ring (bicyclic) bond motifs is 1. The summed E-state index contributed by atoms with van der Waals surface area (Å²) in [7, 11) is 0. The van der Waals surface area contributed by atoms with Crippen LogP contribution in [0.3, 0.4) is 0 Å². The number of rotatable bonds is 7. The molecule has 29 heavy (non-hydrogen) atoms. The van der Waals surface area contributed by atoms with Gasteiger partial charge in [-0.3, -0.25) is 9.59 Å². The highest BCUT2D eigenvalue weighted by molar-refractivity contribution is 7.16. The van der Waals surface area contributed by atoms with Crippen LogP contribution in [0, 0.1) is 0 Å². The van der Waals surface area contributed by atoms with Gasteiger partial charge in [-0.25, -0.2) is 0 Å². The first-order valence-corrected chi connectivity index (χ1v) is 11.0. The third kappa shape index (κ3) is 5.69. The molecule has 1 aliphatic rings. The predicted octanol–water partition coefficient (Wildman–Crippen LogP) is 4.03. The second-order valence-corrected chi connectivity index (χ2v) is 10.0. The molecule has 156 valence electrons. The number of anilines is 1. The molecule has 4 N–H and O–H groups in total. The fraction of sp³-hybridized carbons (Fsp3) is 0.368. The second-order valence-electron chi connectivity index (χ2n) is 6.57. The lowest BCUT2D eigenvalue weighted by Gasteiger charge is -2.27. The summed E-state index contributed by atoms with van der Waals surface area (Å²) in [6.07, 6.45) is 2.61. The molecule has 0 saturated carbocycles. The van der Waals surface area contributed by atoms with Gasteiger partial charge >= 0.3 is 0 Å². The molecule has 0 radical (unpaired) electrons. The zero-order valence-corrected chi connectivity index (χ0v) is 18.4. The Balaban J connectivity index is 1.74. The van der Waals surface area contributed by atoms with Gasteiger partial charge in [-0.05, 0) is 43.4 Å². The number of benzene rings is 1. The predicted molar refractivity (Wildman–Crippen MR) is 117 cm³/mol. The molecule has 1 aromatic heterocycles. The lowest BCUT2D eigenvalue weighted by atomic mass is 9.95. The molecule has 1 aromatic carbocycles. The van der Waals surface area contributed by atoms with E-state index in [1.807, 2.05) is 6.07 Å². The maximum atomic E-state index is 12.3. The number of amides is 2. The van der Waals surface area contributed by atoms with Crippen LogP contribution in [0.2, 0.25) is 0 Å². The Morgan fingerprint density at radius 2 is 1.86 bits per heavy atom. The van der Waals surface area contributed by atoms with Crippen LogP contribution in [-0.4, -0.2) is 28.4 Å². The maximum absolute atomic E-state index is 12.3. The SMILES string of the molecule is NC(=O)c1c(N[C@@H](NC(=O)COc2ccccc2)C(Cl)(Cl)Cl)sc2c1CCCC2. The van der Waals surface area contributed by atoms with E-state index >= 15 is 0 Å². The van der Waals surface area contributed by atoms with Crippen molar-refractivity contribution in [3.05, 3.63) is 46.3 Å². The first kappa shape index (κ1) is 22.0. The Bertz CT molecular complexity index is 884. The molecule has 1 aliphatic carbocycles. The zero-order valence-electron chi connectivity index (χ0n) is 15.3. The number of halogens is 3. The van der Waals surface area contributed by atoms with E-state index < -0.39 is 21.8 Å². The van der Waals surface area contributed by atoms with Crippen molar-refractivity contribution in [2.24, 2.45) is 5.73 Å². The minimum Gasteiger partial charge on any atom is -0.484 e. The lowest BCUT2D eigenvalue weighted by molar-refractivity contribution is -0.123. The Kier molecular flexibility index (Phi) is 7.16. The fourth-order valence-corrected chi connectivity index (χ4v) is 4.78. The van der Waals surface area contributed by atoms with Crippen molar-refractivity contribution in [2.75, 3.05) is 11.9 Å². The number of nitrogens with one attached hydrogen (secondary N) is 2. The molecule has 0 bridgehead atoms. The van der Waals surface area contributed by atoms with E-state index in [2.05, 4.69) is 10.6 Å². The smallest absolute Gasteiger partial charge is 0.259 e. The molecule has 0 spiro atoms. The number of carbonyl (C=O) groups is 2. The quantitative estimate of drug-likeness (QED) is 0.415. The normalized spacial score (nSPS) is 14.6. The Morgan fingerprint density at radius 3 is 2.52 bits per heavy atom. The summed E-state index contributed by atoms with van der Waals surface area (Å²) in [5.74, 6) is -0.490. The molecule has 1 atom stereocenters. The summed E-state index contributed by atoms with van der Waals surface area (Å²) in [6, 6.07) is 8.89. The van der Waals surface area contributed by atoms with Crippen LogP contribution >= 0.6 is 46.1 Å². The molecule has 2 amide bonds. The Morgan fingerprint density at radius 1 is 1.17 bits per heavy atom. The van der Waals surface area contributed by atoms with Crippen molar-refractivity contribution in [2.45, 2.75) is 35.6 Å². The van der Waals surface area contributed by atoms with Gasteiger partial charge in [-0.15, -0.1) is 11.3 Å². The monoisotopic (exact) mass is 475 g/mol. The van der Waals surface area contributed by atoms with E-state index in [0.717, 1.165) is 36.1 Å². The molecule has 0 saturated heterocycles. The van der Waals surface area contributed by atoms with Crippen LogP contribution in [0.4, 0.5) is 5.00 Å². The molecular weight excluding hydrogens is 457 g/mol. The molecule has 0 unspecified atom stereocenters. The summed E-state index contributed by atoms with van der Waals surface area (Å²) < 4.78 is 3.55. The van der Waals surface area contributed by atoms with E-state index in [1.165, 1.54) is 11.3 Å². The highest BCUT2D eigenvalue weighted by Crippen LogP contribution is 2.40. The number of aryl methyl sites for hydroxylation is 1. The van der Waals surface area contributed by atoms with Crippen molar-refractivity contribution in [1.29, 1.82) is 0 Å². The van der Waals surface area contributed by atoms with Gasteiger partial charge < -0.3 is 21.1 Å². The summed E-state index contributed by atoms with van der Waals surface area (Å²) in [6.45, 7) is -0.257. The molecule has 3 rings (SSSR count). The highest BCUT2D eigenvalue weighted by atomic mass is 35.6. The number of hydrogen-bond donors (Lipinski definition) is 3. The number of alkyl halides is 3. The van der Waals surface area contributed by atoms with Crippen LogP contribution < -0.4 is 21.1 Å². The first-order valence-electron chi connectivity index (χ1n) is 9.00. The maximum Gasteiger partial charge on any atom is 0.259 e. The minimum atomic E-state index is -1.87. The third-order valence-electron chi connectivity index (χ3n) is 4.44. The molecule has 1 heterocycles. The van der Waals surface area contributed by atoms with Crippen LogP contribution in [-0.2, 0) is 17.6 Å². The standard InChI is InChI=1S/C19H20Cl3N3O3S/c20-19(21,22)18(24-14(26)10-28-11-6-2-1-3-7-11)25-17-15(16(23)27)12-8-4-5-9-13(12)29-17/h1-3,6-7,18,25H,4-5,8-10H2,(H2,23,27)(H,24,26)/t18-/m1/s1. The molecular formula is C19H20Cl3N3O3S. The van der Waals surface area contributed by atoms with E-state index in [1.54, 1.807) is 24.3 Å². The van der Waals surface area contributed by atoms with Gasteiger partial charge in [0, 0.05) is 4.88 Å². The van der Waals surface area contributed by atoms with Crippen molar-refractivity contribution in [3.63, 3.8) is 0 Å². The van der Waals surface area contributed by atoms with Gasteiger partial charge in [0.05, 0.1) is 5.56 Å². The Labute approximate surface area is 187 Å². The average Bonchev–Trinajstić information content (AvgIpc) is 3.04. The highest BCUT2D eigenvalue weighted by Gasteiger charge is 2.36. The summed E-state index contributed by atoms with van der Waals surface area (Å²) >= 11 is 19.6. The van der Waals surface area contributed by atoms with Gasteiger partial charge in [0.15, 0.2) is 6.61 Å². The zero-order chi connectivity index (χ0) is 21.0. The first-order chi connectivity index (χ1) is 13.8. The molecule has 6 nitrogen and oxygen atoms in total. The number of para-hydroxylation sites is 1. The molecule has 10 heteroatoms. The summed E-state index contributed by atoms with van der Waals surface area (Å²) in [5.41, 5.74) is 6.95. The summed E-state index contributed by atoms with van der Waals surface area (Å²) in [4.78, 5) is 25.5. The molecule has 0 aliphatic heterocycles. The average molecular weight is 477 g/mol.